The summed E-state index contributed by atoms with van der Waals surface area (Å²) in [5.74, 6) is 0.599. The van der Waals surface area contributed by atoms with E-state index >= 15 is 0 Å². The Morgan fingerprint density at radius 2 is 2.04 bits per heavy atom. The molecule has 1 atom stereocenters. The summed E-state index contributed by atoms with van der Waals surface area (Å²) >= 11 is 0. The van der Waals surface area contributed by atoms with Gasteiger partial charge in [-0.2, -0.15) is 0 Å². The van der Waals surface area contributed by atoms with Crippen LogP contribution < -0.4 is 10.1 Å². The summed E-state index contributed by atoms with van der Waals surface area (Å²) < 4.78 is 5.26. The van der Waals surface area contributed by atoms with E-state index in [1.807, 2.05) is 18.2 Å². The van der Waals surface area contributed by atoms with Crippen molar-refractivity contribution in [3.8, 4) is 5.75 Å². The largest absolute Gasteiger partial charge is 0.412 e. The van der Waals surface area contributed by atoms with Gasteiger partial charge in [-0.05, 0) is 49.1 Å². The van der Waals surface area contributed by atoms with Crippen LogP contribution in [0.25, 0.3) is 0 Å². The molecule has 0 aliphatic carbocycles. The van der Waals surface area contributed by atoms with E-state index in [1.165, 1.54) is 17.5 Å². The molecule has 24 heavy (non-hydrogen) atoms. The molecule has 4 heteroatoms. The molecule has 1 aliphatic rings. The Balaban J connectivity index is 1.66. The van der Waals surface area contributed by atoms with Gasteiger partial charge in [0.25, 0.3) is 0 Å². The topological polar surface area (TPSA) is 41.6 Å². The minimum atomic E-state index is -0.431. The lowest BCUT2D eigenvalue weighted by molar-refractivity contribution is 0.202. The summed E-state index contributed by atoms with van der Waals surface area (Å²) in [5.41, 5.74) is 2.60. The Bertz CT molecular complexity index is 672. The van der Waals surface area contributed by atoms with Crippen LogP contribution in [0, 0.1) is 0 Å². The maximum Gasteiger partial charge on any atom is 0.412 e. The van der Waals surface area contributed by atoms with Crippen molar-refractivity contribution in [1.82, 2.24) is 10.2 Å². The van der Waals surface area contributed by atoms with E-state index < -0.39 is 6.09 Å². The second kappa shape index (κ2) is 7.97. The highest BCUT2D eigenvalue weighted by atomic mass is 16.5. The maximum absolute atomic E-state index is 11.4. The molecule has 1 unspecified atom stereocenters. The van der Waals surface area contributed by atoms with Crippen LogP contribution in [-0.2, 0) is 6.42 Å². The summed E-state index contributed by atoms with van der Waals surface area (Å²) in [6, 6.07) is 18.9. The van der Waals surface area contributed by atoms with Crippen LogP contribution in [0.15, 0.2) is 54.6 Å². The van der Waals surface area contributed by atoms with Gasteiger partial charge in [0, 0.05) is 19.6 Å². The second-order valence-electron chi connectivity index (χ2n) is 6.14. The van der Waals surface area contributed by atoms with Crippen LogP contribution in [0.2, 0.25) is 0 Å². The van der Waals surface area contributed by atoms with Crippen LogP contribution in [0.3, 0.4) is 0 Å². The molecule has 2 aromatic carbocycles. The number of nitrogens with zero attached hydrogens (tertiary/aromatic N) is 1. The zero-order chi connectivity index (χ0) is 16.8. The Morgan fingerprint density at radius 3 is 2.83 bits per heavy atom. The SMILES string of the molecule is CNC(=O)Oc1cccc(C2CCCN2CCc2ccccc2)c1. The van der Waals surface area contributed by atoms with Crippen molar-refractivity contribution >= 4 is 6.09 Å². The van der Waals surface area contributed by atoms with Gasteiger partial charge in [0.1, 0.15) is 5.75 Å². The van der Waals surface area contributed by atoms with E-state index in [9.17, 15) is 4.79 Å². The first-order valence-electron chi connectivity index (χ1n) is 8.54. The zero-order valence-corrected chi connectivity index (χ0v) is 14.1. The van der Waals surface area contributed by atoms with Gasteiger partial charge < -0.3 is 10.1 Å². The Kier molecular flexibility index (Phi) is 5.49. The van der Waals surface area contributed by atoms with Gasteiger partial charge >= 0.3 is 6.09 Å². The van der Waals surface area contributed by atoms with E-state index in [0.717, 1.165) is 25.9 Å². The third-order valence-electron chi connectivity index (χ3n) is 4.55. The van der Waals surface area contributed by atoms with Crippen LogP contribution in [0.1, 0.15) is 30.0 Å². The molecular weight excluding hydrogens is 300 g/mol. The summed E-state index contributed by atoms with van der Waals surface area (Å²) in [6.07, 6.45) is 2.99. The molecule has 0 aromatic heterocycles. The van der Waals surface area contributed by atoms with E-state index in [0.29, 0.717) is 11.8 Å². The van der Waals surface area contributed by atoms with Gasteiger partial charge in [-0.1, -0.05) is 42.5 Å². The molecule has 0 saturated carbocycles. The average Bonchev–Trinajstić information content (AvgIpc) is 3.09. The van der Waals surface area contributed by atoms with Crippen LogP contribution in [0.4, 0.5) is 4.79 Å². The van der Waals surface area contributed by atoms with Crippen molar-refractivity contribution < 1.29 is 9.53 Å². The Hall–Kier alpha value is -2.33. The molecule has 0 spiro atoms. The number of benzene rings is 2. The molecule has 0 bridgehead atoms. The molecule has 1 fully saturated rings. The van der Waals surface area contributed by atoms with Gasteiger partial charge in [0.05, 0.1) is 0 Å². The summed E-state index contributed by atoms with van der Waals surface area (Å²) in [7, 11) is 1.56. The van der Waals surface area contributed by atoms with Gasteiger partial charge in [0.2, 0.25) is 0 Å². The van der Waals surface area contributed by atoms with Crippen molar-refractivity contribution in [2.45, 2.75) is 25.3 Å². The number of carbonyl (C=O) groups is 1. The zero-order valence-electron chi connectivity index (χ0n) is 14.1. The molecule has 1 saturated heterocycles. The fraction of sp³-hybridized carbons (Fsp3) is 0.350. The summed E-state index contributed by atoms with van der Waals surface area (Å²) in [6.45, 7) is 2.17. The first-order valence-corrected chi connectivity index (χ1v) is 8.54. The smallest absolute Gasteiger partial charge is 0.410 e. The van der Waals surface area contributed by atoms with E-state index in [2.05, 4.69) is 46.6 Å². The van der Waals surface area contributed by atoms with Crippen molar-refractivity contribution in [2.24, 2.45) is 0 Å². The number of amides is 1. The summed E-state index contributed by atoms with van der Waals surface area (Å²) in [4.78, 5) is 13.9. The highest BCUT2D eigenvalue weighted by Gasteiger charge is 2.25. The van der Waals surface area contributed by atoms with Crippen LogP contribution in [0.5, 0.6) is 5.75 Å². The summed E-state index contributed by atoms with van der Waals surface area (Å²) in [5, 5.41) is 2.48. The third-order valence-corrected chi connectivity index (χ3v) is 4.55. The number of rotatable bonds is 5. The number of likely N-dealkylation sites (tertiary alicyclic amines) is 1. The standard InChI is InChI=1S/C20H24N2O2/c1-21-20(23)24-18-10-5-9-17(15-18)19-11-6-13-22(19)14-12-16-7-3-2-4-8-16/h2-5,7-10,15,19H,6,11-14H2,1H3,(H,21,23). The third kappa shape index (κ3) is 4.15. The van der Waals surface area contributed by atoms with Gasteiger partial charge in [-0.25, -0.2) is 4.79 Å². The van der Waals surface area contributed by atoms with Crippen LogP contribution in [-0.4, -0.2) is 31.1 Å². The molecule has 1 heterocycles. The number of ether oxygens (including phenoxy) is 1. The lowest BCUT2D eigenvalue weighted by Gasteiger charge is -2.25. The predicted molar refractivity (Wildman–Crippen MR) is 95.2 cm³/mol. The molecule has 126 valence electrons. The molecule has 4 nitrogen and oxygen atoms in total. The van der Waals surface area contributed by atoms with E-state index in [-0.39, 0.29) is 0 Å². The van der Waals surface area contributed by atoms with Gasteiger partial charge in [0.15, 0.2) is 0 Å². The van der Waals surface area contributed by atoms with Crippen molar-refractivity contribution in [3.05, 3.63) is 65.7 Å². The maximum atomic E-state index is 11.4. The van der Waals surface area contributed by atoms with E-state index in [1.54, 1.807) is 7.05 Å². The minimum absolute atomic E-state index is 0.405. The number of hydrogen-bond acceptors (Lipinski definition) is 3. The minimum Gasteiger partial charge on any atom is -0.410 e. The van der Waals surface area contributed by atoms with E-state index in [4.69, 9.17) is 4.74 Å². The molecule has 2 aromatic rings. The Morgan fingerprint density at radius 1 is 1.21 bits per heavy atom. The second-order valence-corrected chi connectivity index (χ2v) is 6.14. The quantitative estimate of drug-likeness (QED) is 0.910. The van der Waals surface area contributed by atoms with Crippen molar-refractivity contribution in [3.63, 3.8) is 0 Å². The lowest BCUT2D eigenvalue weighted by atomic mass is 10.0. The van der Waals surface area contributed by atoms with Crippen LogP contribution >= 0.6 is 0 Å². The molecular formula is C20H24N2O2. The predicted octanol–water partition coefficient (Wildman–Crippen LogP) is 3.78. The molecule has 3 rings (SSSR count). The fourth-order valence-electron chi connectivity index (χ4n) is 3.33. The average molecular weight is 324 g/mol. The first kappa shape index (κ1) is 16.5. The number of hydrogen-bond donors (Lipinski definition) is 1. The fourth-order valence-corrected chi connectivity index (χ4v) is 3.33. The molecule has 0 radical (unpaired) electrons. The molecule has 1 aliphatic heterocycles. The van der Waals surface area contributed by atoms with Crippen molar-refractivity contribution in [1.29, 1.82) is 0 Å². The Labute approximate surface area is 143 Å². The van der Waals surface area contributed by atoms with Crippen molar-refractivity contribution in [2.75, 3.05) is 20.1 Å². The van der Waals surface area contributed by atoms with Gasteiger partial charge in [-0.15, -0.1) is 0 Å². The van der Waals surface area contributed by atoms with Gasteiger partial charge in [-0.3, -0.25) is 4.90 Å². The first-order chi connectivity index (χ1) is 11.8. The number of carbonyl (C=O) groups excluding carboxylic acids is 1. The number of nitrogens with one attached hydrogen (secondary N) is 1. The highest BCUT2D eigenvalue weighted by molar-refractivity contribution is 5.69. The highest BCUT2D eigenvalue weighted by Crippen LogP contribution is 2.33. The lowest BCUT2D eigenvalue weighted by Crippen LogP contribution is -2.26. The normalized spacial score (nSPS) is 17.6. The molecule has 1 amide bonds. The monoisotopic (exact) mass is 324 g/mol. The molecule has 1 N–H and O–H groups in total.